The van der Waals surface area contributed by atoms with Crippen molar-refractivity contribution in [3.8, 4) is 0 Å². The van der Waals surface area contributed by atoms with E-state index in [2.05, 4.69) is 5.32 Å². The van der Waals surface area contributed by atoms with Gasteiger partial charge in [0.25, 0.3) is 0 Å². The van der Waals surface area contributed by atoms with Crippen molar-refractivity contribution < 1.29 is 9.59 Å². The van der Waals surface area contributed by atoms with E-state index in [0.717, 1.165) is 24.9 Å². The number of carbonyl (C=O) groups excluding carboxylic acids is 2. The molecule has 1 heterocycles. The number of nitrogens with zero attached hydrogens (tertiary/aromatic N) is 1. The average molecular weight is 326 g/mol. The molecule has 6 heteroatoms. The number of likely N-dealkylation sites (tertiary alicyclic amines) is 1. The van der Waals surface area contributed by atoms with Crippen molar-refractivity contribution in [3.63, 3.8) is 0 Å². The van der Waals surface area contributed by atoms with Gasteiger partial charge in [0.05, 0.1) is 0 Å². The largest absolute Gasteiger partial charge is 0.354 e. The number of carbonyl (C=O) groups is 2. The van der Waals surface area contributed by atoms with E-state index in [4.69, 9.17) is 5.73 Å². The zero-order valence-corrected chi connectivity index (χ0v) is 13.7. The molecule has 122 valence electrons. The van der Waals surface area contributed by atoms with Gasteiger partial charge in [-0.05, 0) is 25.3 Å². The molecule has 1 aliphatic heterocycles. The van der Waals surface area contributed by atoms with Crippen LogP contribution in [0.4, 0.5) is 0 Å². The highest BCUT2D eigenvalue weighted by Gasteiger charge is 2.29. The Bertz CT molecular complexity index is 505. The van der Waals surface area contributed by atoms with E-state index in [1.54, 1.807) is 6.92 Å². The zero-order chi connectivity index (χ0) is 15.3. The van der Waals surface area contributed by atoms with Crippen LogP contribution in [-0.2, 0) is 15.1 Å². The van der Waals surface area contributed by atoms with Crippen LogP contribution >= 0.6 is 12.4 Å². The zero-order valence-electron chi connectivity index (χ0n) is 12.9. The summed E-state index contributed by atoms with van der Waals surface area (Å²) in [5, 5.41) is 2.86. The van der Waals surface area contributed by atoms with Gasteiger partial charge in [0.2, 0.25) is 11.8 Å². The van der Waals surface area contributed by atoms with Crippen LogP contribution < -0.4 is 11.1 Å². The maximum atomic E-state index is 12.2. The molecule has 1 atom stereocenters. The van der Waals surface area contributed by atoms with Gasteiger partial charge in [0.15, 0.2) is 0 Å². The lowest BCUT2D eigenvalue weighted by Crippen LogP contribution is -2.49. The van der Waals surface area contributed by atoms with Crippen LogP contribution in [0.15, 0.2) is 30.3 Å². The summed E-state index contributed by atoms with van der Waals surface area (Å²) in [7, 11) is 0. The van der Waals surface area contributed by atoms with E-state index < -0.39 is 5.54 Å². The van der Waals surface area contributed by atoms with Crippen LogP contribution in [0, 0.1) is 0 Å². The maximum Gasteiger partial charge on any atom is 0.244 e. The molecule has 1 fully saturated rings. The van der Waals surface area contributed by atoms with Crippen LogP contribution in [0.3, 0.4) is 0 Å². The van der Waals surface area contributed by atoms with Gasteiger partial charge in [-0.1, -0.05) is 30.3 Å². The predicted molar refractivity (Wildman–Crippen MR) is 88.7 cm³/mol. The highest BCUT2D eigenvalue weighted by atomic mass is 35.5. The third kappa shape index (κ3) is 4.45. The van der Waals surface area contributed by atoms with Crippen LogP contribution in [0.5, 0.6) is 0 Å². The molecule has 1 aromatic carbocycles. The average Bonchev–Trinajstić information content (AvgIpc) is 2.89. The third-order valence-corrected chi connectivity index (χ3v) is 3.91. The molecule has 0 saturated carbocycles. The number of halogens is 1. The Morgan fingerprint density at radius 2 is 2.05 bits per heavy atom. The molecular formula is C16H24ClN3O2. The third-order valence-electron chi connectivity index (χ3n) is 3.91. The van der Waals surface area contributed by atoms with Crippen LogP contribution in [0.2, 0.25) is 0 Å². The number of rotatable bonds is 6. The fourth-order valence-corrected chi connectivity index (χ4v) is 2.51. The highest BCUT2D eigenvalue weighted by molar-refractivity contribution is 5.87. The van der Waals surface area contributed by atoms with Crippen molar-refractivity contribution >= 4 is 24.2 Å². The van der Waals surface area contributed by atoms with E-state index in [-0.39, 0.29) is 24.2 Å². The first-order valence-corrected chi connectivity index (χ1v) is 7.42. The van der Waals surface area contributed by atoms with Crippen molar-refractivity contribution in [1.82, 2.24) is 10.2 Å². The fraction of sp³-hybridized carbons (Fsp3) is 0.500. The number of hydrogen-bond donors (Lipinski definition) is 2. The molecule has 0 bridgehead atoms. The summed E-state index contributed by atoms with van der Waals surface area (Å²) in [4.78, 5) is 25.5. The van der Waals surface area contributed by atoms with Gasteiger partial charge in [-0.25, -0.2) is 0 Å². The molecule has 22 heavy (non-hydrogen) atoms. The van der Waals surface area contributed by atoms with Crippen LogP contribution in [0.1, 0.15) is 31.7 Å². The molecule has 1 aliphatic rings. The maximum absolute atomic E-state index is 12.2. The number of nitrogens with one attached hydrogen (secondary N) is 1. The summed E-state index contributed by atoms with van der Waals surface area (Å²) in [5.41, 5.74) is 5.88. The first-order chi connectivity index (χ1) is 10.0. The minimum absolute atomic E-state index is 0. The van der Waals surface area contributed by atoms with Gasteiger partial charge in [0.1, 0.15) is 5.54 Å². The lowest BCUT2D eigenvalue weighted by molar-refractivity contribution is -0.127. The van der Waals surface area contributed by atoms with Gasteiger partial charge in [-0.3, -0.25) is 9.59 Å². The Hall–Kier alpha value is -1.59. The van der Waals surface area contributed by atoms with Crippen LogP contribution in [0.25, 0.3) is 0 Å². The smallest absolute Gasteiger partial charge is 0.244 e. The summed E-state index contributed by atoms with van der Waals surface area (Å²) in [5.74, 6) is 0.0238. The first kappa shape index (κ1) is 18.5. The normalized spacial score (nSPS) is 16.8. The summed E-state index contributed by atoms with van der Waals surface area (Å²) in [6, 6.07) is 9.33. The van der Waals surface area contributed by atoms with Gasteiger partial charge in [0, 0.05) is 26.1 Å². The Kier molecular flexibility index (Phi) is 6.84. The van der Waals surface area contributed by atoms with Crippen molar-refractivity contribution in [2.75, 3.05) is 19.6 Å². The summed E-state index contributed by atoms with van der Waals surface area (Å²) in [6.45, 7) is 3.78. The topological polar surface area (TPSA) is 75.4 Å². The Morgan fingerprint density at radius 1 is 1.36 bits per heavy atom. The van der Waals surface area contributed by atoms with E-state index in [1.807, 2.05) is 35.2 Å². The highest BCUT2D eigenvalue weighted by Crippen LogP contribution is 2.17. The number of amides is 2. The Morgan fingerprint density at radius 3 is 2.64 bits per heavy atom. The number of hydrogen-bond acceptors (Lipinski definition) is 3. The quantitative estimate of drug-likeness (QED) is 0.777. The Balaban J connectivity index is 0.00000242. The van der Waals surface area contributed by atoms with Gasteiger partial charge in [-0.15, -0.1) is 12.4 Å². The second-order valence-corrected chi connectivity index (χ2v) is 5.66. The van der Waals surface area contributed by atoms with E-state index in [9.17, 15) is 9.59 Å². The molecule has 0 aromatic heterocycles. The molecule has 5 nitrogen and oxygen atoms in total. The molecule has 3 N–H and O–H groups in total. The fourth-order valence-electron chi connectivity index (χ4n) is 2.51. The van der Waals surface area contributed by atoms with E-state index in [0.29, 0.717) is 19.5 Å². The number of nitrogens with two attached hydrogens (primary N) is 1. The SMILES string of the molecule is CC(N)(C(=O)NCCCN1CCCC1=O)c1ccccc1.Cl. The van der Waals surface area contributed by atoms with Gasteiger partial charge < -0.3 is 16.0 Å². The molecule has 2 rings (SSSR count). The molecule has 2 amide bonds. The molecular weight excluding hydrogens is 302 g/mol. The standard InChI is InChI=1S/C16H23N3O2.ClH/c1-16(17,13-7-3-2-4-8-13)15(21)18-10-6-12-19-11-5-9-14(19)20;/h2-4,7-8H,5-6,9-12,17H2,1H3,(H,18,21);1H. The van der Waals surface area contributed by atoms with Crippen molar-refractivity contribution in [2.24, 2.45) is 5.73 Å². The lowest BCUT2D eigenvalue weighted by atomic mass is 9.92. The number of benzene rings is 1. The summed E-state index contributed by atoms with van der Waals surface area (Å²) < 4.78 is 0. The lowest BCUT2D eigenvalue weighted by Gasteiger charge is -2.24. The summed E-state index contributed by atoms with van der Waals surface area (Å²) in [6.07, 6.45) is 2.35. The van der Waals surface area contributed by atoms with E-state index >= 15 is 0 Å². The van der Waals surface area contributed by atoms with Crippen molar-refractivity contribution in [3.05, 3.63) is 35.9 Å². The van der Waals surface area contributed by atoms with Gasteiger partial charge in [-0.2, -0.15) is 0 Å². The monoisotopic (exact) mass is 325 g/mol. The molecule has 1 unspecified atom stereocenters. The van der Waals surface area contributed by atoms with Crippen molar-refractivity contribution in [1.29, 1.82) is 0 Å². The molecule has 0 aliphatic carbocycles. The molecule has 0 radical (unpaired) electrons. The predicted octanol–water partition coefficient (Wildman–Crippen LogP) is 1.41. The first-order valence-electron chi connectivity index (χ1n) is 7.42. The molecule has 0 spiro atoms. The molecule has 1 aromatic rings. The Labute approximate surface area is 137 Å². The minimum atomic E-state index is -1.04. The van der Waals surface area contributed by atoms with Crippen LogP contribution in [-0.4, -0.2) is 36.3 Å². The molecule has 1 saturated heterocycles. The van der Waals surface area contributed by atoms with Crippen molar-refractivity contribution in [2.45, 2.75) is 31.7 Å². The second kappa shape index (κ2) is 8.15. The minimum Gasteiger partial charge on any atom is -0.354 e. The van der Waals surface area contributed by atoms with Gasteiger partial charge >= 0.3 is 0 Å². The van der Waals surface area contributed by atoms with E-state index in [1.165, 1.54) is 0 Å². The summed E-state index contributed by atoms with van der Waals surface area (Å²) >= 11 is 0. The second-order valence-electron chi connectivity index (χ2n) is 5.66.